The summed E-state index contributed by atoms with van der Waals surface area (Å²) in [4.78, 5) is 36.7. The molecule has 112 valence electrons. The zero-order valence-corrected chi connectivity index (χ0v) is 12.3. The number of hydrogen-bond donors (Lipinski definition) is 1. The lowest BCUT2D eigenvalue weighted by molar-refractivity contribution is -0.665. The Hall–Kier alpha value is -1.92. The molecule has 1 aromatic rings. The van der Waals surface area contributed by atoms with Crippen LogP contribution >= 0.6 is 11.6 Å². The number of carbonyl (C=O) groups is 3. The van der Waals surface area contributed by atoms with Crippen molar-refractivity contribution < 1.29 is 24.4 Å². The smallest absolute Gasteiger partial charge is 0.361 e. The first-order valence-electron chi connectivity index (χ1n) is 6.64. The SMILES string of the molecule is CCOC(=O)C[NH2+]C1CC(=O)N(c2cccc(Cl)c2)C1=O. The van der Waals surface area contributed by atoms with Gasteiger partial charge in [0.15, 0.2) is 12.6 Å². The minimum Gasteiger partial charge on any atom is -0.462 e. The lowest BCUT2D eigenvalue weighted by Crippen LogP contribution is -2.93. The molecule has 0 aromatic heterocycles. The topological polar surface area (TPSA) is 80.3 Å². The normalized spacial score (nSPS) is 18.2. The van der Waals surface area contributed by atoms with Gasteiger partial charge in [-0.1, -0.05) is 17.7 Å². The molecule has 1 saturated heterocycles. The van der Waals surface area contributed by atoms with Crippen LogP contribution < -0.4 is 10.2 Å². The first-order chi connectivity index (χ1) is 10.0. The third-order valence-corrected chi connectivity index (χ3v) is 3.36. The summed E-state index contributed by atoms with van der Waals surface area (Å²) in [7, 11) is 0. The molecule has 0 radical (unpaired) electrons. The first kappa shape index (κ1) is 15.5. The van der Waals surface area contributed by atoms with Crippen LogP contribution in [0, 0.1) is 0 Å². The number of esters is 1. The number of halogens is 1. The van der Waals surface area contributed by atoms with Gasteiger partial charge in [-0.15, -0.1) is 0 Å². The van der Waals surface area contributed by atoms with Gasteiger partial charge in [0.2, 0.25) is 5.91 Å². The van der Waals surface area contributed by atoms with E-state index in [0.717, 1.165) is 4.90 Å². The molecule has 1 fully saturated rings. The quantitative estimate of drug-likeness (QED) is 0.618. The summed E-state index contributed by atoms with van der Waals surface area (Å²) < 4.78 is 4.79. The number of quaternary nitrogens is 1. The molecular formula is C14H16ClN2O4+. The largest absolute Gasteiger partial charge is 0.462 e. The van der Waals surface area contributed by atoms with Crippen molar-refractivity contribution in [2.75, 3.05) is 18.1 Å². The first-order valence-corrected chi connectivity index (χ1v) is 7.02. The number of hydrogen-bond acceptors (Lipinski definition) is 4. The van der Waals surface area contributed by atoms with E-state index in [4.69, 9.17) is 16.3 Å². The summed E-state index contributed by atoms with van der Waals surface area (Å²) in [5.74, 6) is -1.04. The molecule has 2 amide bonds. The second-order valence-electron chi connectivity index (χ2n) is 4.60. The van der Waals surface area contributed by atoms with E-state index in [1.54, 1.807) is 31.2 Å². The molecule has 0 bridgehead atoms. The molecule has 0 spiro atoms. The van der Waals surface area contributed by atoms with E-state index >= 15 is 0 Å². The van der Waals surface area contributed by atoms with Gasteiger partial charge < -0.3 is 10.1 Å². The highest BCUT2D eigenvalue weighted by atomic mass is 35.5. The number of amides is 2. The van der Waals surface area contributed by atoms with Crippen LogP contribution in [0.15, 0.2) is 24.3 Å². The van der Waals surface area contributed by atoms with Crippen molar-refractivity contribution in [1.29, 1.82) is 0 Å². The van der Waals surface area contributed by atoms with Crippen LogP contribution in [0.3, 0.4) is 0 Å². The molecule has 7 heteroatoms. The van der Waals surface area contributed by atoms with E-state index < -0.39 is 12.0 Å². The van der Waals surface area contributed by atoms with Gasteiger partial charge in [0.25, 0.3) is 5.91 Å². The Morgan fingerprint density at radius 3 is 2.90 bits per heavy atom. The summed E-state index contributed by atoms with van der Waals surface area (Å²) in [6.45, 7) is 2.02. The Labute approximate surface area is 127 Å². The van der Waals surface area contributed by atoms with Crippen molar-refractivity contribution in [1.82, 2.24) is 0 Å². The van der Waals surface area contributed by atoms with E-state index in [-0.39, 0.29) is 24.8 Å². The van der Waals surface area contributed by atoms with Crippen molar-refractivity contribution in [2.45, 2.75) is 19.4 Å². The maximum atomic E-state index is 12.3. The average Bonchev–Trinajstić information content (AvgIpc) is 2.71. The molecule has 0 aliphatic carbocycles. The van der Waals surface area contributed by atoms with E-state index in [1.165, 1.54) is 5.32 Å². The molecule has 0 saturated carbocycles. The Kier molecular flexibility index (Phi) is 4.93. The number of ether oxygens (including phenoxy) is 1. The number of anilines is 1. The Bertz CT molecular complexity index is 576. The van der Waals surface area contributed by atoms with Crippen LogP contribution in [-0.4, -0.2) is 37.0 Å². The van der Waals surface area contributed by atoms with Gasteiger partial charge in [-0.3, -0.25) is 9.59 Å². The molecule has 1 aromatic carbocycles. The van der Waals surface area contributed by atoms with E-state index in [1.807, 2.05) is 0 Å². The van der Waals surface area contributed by atoms with Crippen molar-refractivity contribution in [3.8, 4) is 0 Å². The highest BCUT2D eigenvalue weighted by Crippen LogP contribution is 2.24. The van der Waals surface area contributed by atoms with Crippen molar-refractivity contribution in [3.05, 3.63) is 29.3 Å². The monoisotopic (exact) mass is 311 g/mol. The van der Waals surface area contributed by atoms with Crippen LogP contribution in [-0.2, 0) is 19.1 Å². The Morgan fingerprint density at radius 1 is 1.48 bits per heavy atom. The Balaban J connectivity index is 2.05. The average molecular weight is 312 g/mol. The van der Waals surface area contributed by atoms with E-state index in [9.17, 15) is 14.4 Å². The van der Waals surface area contributed by atoms with E-state index in [0.29, 0.717) is 17.3 Å². The highest BCUT2D eigenvalue weighted by molar-refractivity contribution is 6.31. The minimum atomic E-state index is -0.596. The molecule has 2 N–H and O–H groups in total. The standard InChI is InChI=1S/C14H15ClN2O4/c1-2-21-13(19)8-16-11-7-12(18)17(14(11)20)10-5-3-4-9(15)6-10/h3-6,11,16H,2,7-8H2,1H3/p+1. The molecule has 2 rings (SSSR count). The number of imide groups is 1. The van der Waals surface area contributed by atoms with Gasteiger partial charge in [0.1, 0.15) is 0 Å². The molecular weight excluding hydrogens is 296 g/mol. The fourth-order valence-corrected chi connectivity index (χ4v) is 2.37. The van der Waals surface area contributed by atoms with Crippen LogP contribution in [0.4, 0.5) is 5.69 Å². The van der Waals surface area contributed by atoms with Gasteiger partial charge in [-0.2, -0.15) is 0 Å². The third-order valence-electron chi connectivity index (χ3n) is 3.12. The zero-order chi connectivity index (χ0) is 15.4. The van der Waals surface area contributed by atoms with Crippen LogP contribution in [0.2, 0.25) is 5.02 Å². The summed E-state index contributed by atoms with van der Waals surface area (Å²) in [5.41, 5.74) is 0.449. The minimum absolute atomic E-state index is 0.0148. The summed E-state index contributed by atoms with van der Waals surface area (Å²) in [6.07, 6.45) is 0.0603. The van der Waals surface area contributed by atoms with Crippen LogP contribution in [0.25, 0.3) is 0 Å². The van der Waals surface area contributed by atoms with Crippen LogP contribution in [0.1, 0.15) is 13.3 Å². The van der Waals surface area contributed by atoms with Gasteiger partial charge in [0, 0.05) is 5.02 Å². The summed E-state index contributed by atoms with van der Waals surface area (Å²) >= 11 is 5.87. The van der Waals surface area contributed by atoms with Crippen molar-refractivity contribution >= 4 is 35.1 Å². The lowest BCUT2D eigenvalue weighted by Gasteiger charge is -2.14. The number of benzene rings is 1. The van der Waals surface area contributed by atoms with Gasteiger partial charge in [-0.05, 0) is 25.1 Å². The molecule has 1 heterocycles. The van der Waals surface area contributed by atoms with Crippen LogP contribution in [0.5, 0.6) is 0 Å². The number of nitrogens with zero attached hydrogens (tertiary/aromatic N) is 1. The fraction of sp³-hybridized carbons (Fsp3) is 0.357. The number of carbonyl (C=O) groups excluding carboxylic acids is 3. The maximum Gasteiger partial charge on any atom is 0.361 e. The molecule has 6 nitrogen and oxygen atoms in total. The summed E-state index contributed by atoms with van der Waals surface area (Å²) in [5, 5.41) is 1.98. The predicted molar refractivity (Wildman–Crippen MR) is 75.8 cm³/mol. The third kappa shape index (κ3) is 3.59. The zero-order valence-electron chi connectivity index (χ0n) is 11.5. The lowest BCUT2D eigenvalue weighted by atomic mass is 10.2. The molecule has 1 atom stereocenters. The molecule has 1 aliphatic heterocycles. The molecule has 21 heavy (non-hydrogen) atoms. The van der Waals surface area contributed by atoms with Crippen molar-refractivity contribution in [2.24, 2.45) is 0 Å². The van der Waals surface area contributed by atoms with E-state index in [2.05, 4.69) is 0 Å². The van der Waals surface area contributed by atoms with Crippen molar-refractivity contribution in [3.63, 3.8) is 0 Å². The second-order valence-corrected chi connectivity index (χ2v) is 5.04. The number of rotatable bonds is 5. The predicted octanol–water partition coefficient (Wildman–Crippen LogP) is 0.0984. The molecule has 1 aliphatic rings. The number of nitrogens with two attached hydrogens (primary N) is 1. The Morgan fingerprint density at radius 2 is 2.24 bits per heavy atom. The van der Waals surface area contributed by atoms with Gasteiger partial charge in [0.05, 0.1) is 18.7 Å². The fourth-order valence-electron chi connectivity index (χ4n) is 2.18. The van der Waals surface area contributed by atoms with Gasteiger partial charge >= 0.3 is 5.97 Å². The maximum absolute atomic E-state index is 12.3. The molecule has 1 unspecified atom stereocenters. The summed E-state index contributed by atoms with van der Waals surface area (Å²) in [6, 6.07) is 5.95. The second kappa shape index (κ2) is 6.69. The van der Waals surface area contributed by atoms with Gasteiger partial charge in [-0.25, -0.2) is 9.69 Å². The highest BCUT2D eigenvalue weighted by Gasteiger charge is 2.42.